The Balaban J connectivity index is 1.78. The van der Waals surface area contributed by atoms with E-state index >= 15 is 0 Å². The van der Waals surface area contributed by atoms with Gasteiger partial charge in [0.15, 0.2) is 0 Å². The van der Waals surface area contributed by atoms with Crippen LogP contribution < -0.4 is 4.72 Å². The van der Waals surface area contributed by atoms with E-state index in [4.69, 9.17) is 4.42 Å². The fourth-order valence-electron chi connectivity index (χ4n) is 3.06. The highest BCUT2D eigenvalue weighted by molar-refractivity contribution is 7.89. The molecule has 1 saturated heterocycles. The van der Waals surface area contributed by atoms with Crippen LogP contribution in [0.5, 0.6) is 0 Å². The van der Waals surface area contributed by atoms with Crippen molar-refractivity contribution in [3.8, 4) is 0 Å². The van der Waals surface area contributed by atoms with Gasteiger partial charge in [0.05, 0.1) is 22.8 Å². The highest BCUT2D eigenvalue weighted by Crippen LogP contribution is 2.31. The Labute approximate surface area is 149 Å². The van der Waals surface area contributed by atoms with Crippen LogP contribution in [0, 0.1) is 0 Å². The summed E-state index contributed by atoms with van der Waals surface area (Å²) in [5, 5.41) is 0. The topological polar surface area (TPSA) is 62.6 Å². The van der Waals surface area contributed by atoms with Crippen LogP contribution in [0.1, 0.15) is 30.2 Å². The molecular weight excluding hydrogens is 369 g/mol. The zero-order valence-electron chi connectivity index (χ0n) is 13.9. The van der Waals surface area contributed by atoms with E-state index in [0.29, 0.717) is 11.8 Å². The van der Waals surface area contributed by atoms with Gasteiger partial charge in [-0.25, -0.2) is 13.1 Å². The van der Waals surface area contributed by atoms with Crippen molar-refractivity contribution < 1.29 is 26.0 Å². The van der Waals surface area contributed by atoms with Crippen molar-refractivity contribution in [2.24, 2.45) is 0 Å². The number of hydrogen-bond acceptors (Lipinski definition) is 4. The van der Waals surface area contributed by atoms with Crippen molar-refractivity contribution in [3.05, 3.63) is 54.0 Å². The van der Waals surface area contributed by atoms with Crippen molar-refractivity contribution >= 4 is 10.0 Å². The highest BCUT2D eigenvalue weighted by Gasteiger charge is 2.32. The van der Waals surface area contributed by atoms with Gasteiger partial charge in [0.25, 0.3) is 0 Å². The molecule has 1 fully saturated rings. The zero-order valence-corrected chi connectivity index (χ0v) is 14.7. The first kappa shape index (κ1) is 18.9. The van der Waals surface area contributed by atoms with E-state index in [2.05, 4.69) is 9.62 Å². The van der Waals surface area contributed by atoms with Gasteiger partial charge in [0.2, 0.25) is 10.0 Å². The summed E-state index contributed by atoms with van der Waals surface area (Å²) in [5.74, 6) is 0.624. The molecule has 1 aromatic heterocycles. The molecule has 0 aliphatic carbocycles. The Kier molecular flexibility index (Phi) is 5.40. The molecule has 9 heteroatoms. The monoisotopic (exact) mass is 388 g/mol. The van der Waals surface area contributed by atoms with Crippen molar-refractivity contribution in [2.75, 3.05) is 19.6 Å². The summed E-state index contributed by atoms with van der Waals surface area (Å²) in [6.07, 6.45) is -1.06. The molecule has 2 aromatic rings. The first-order valence-corrected chi connectivity index (χ1v) is 9.70. The minimum Gasteiger partial charge on any atom is -0.468 e. The highest BCUT2D eigenvalue weighted by atomic mass is 32.2. The predicted molar refractivity (Wildman–Crippen MR) is 88.9 cm³/mol. The normalized spacial score (nSPS) is 17.5. The third-order valence-corrected chi connectivity index (χ3v) is 5.81. The largest absolute Gasteiger partial charge is 0.468 e. The van der Waals surface area contributed by atoms with Gasteiger partial charge in [-0.15, -0.1) is 0 Å². The molecule has 0 radical (unpaired) electrons. The van der Waals surface area contributed by atoms with Gasteiger partial charge in [-0.2, -0.15) is 13.2 Å². The first-order valence-electron chi connectivity index (χ1n) is 8.22. The van der Waals surface area contributed by atoms with E-state index in [0.717, 1.165) is 44.1 Å². The first-order chi connectivity index (χ1) is 12.3. The summed E-state index contributed by atoms with van der Waals surface area (Å²) in [5.41, 5.74) is -0.998. The van der Waals surface area contributed by atoms with Gasteiger partial charge < -0.3 is 4.42 Å². The number of likely N-dealkylation sites (tertiary alicyclic amines) is 1. The van der Waals surface area contributed by atoms with Gasteiger partial charge in [-0.05, 0) is 56.3 Å². The number of halogens is 3. The molecule has 1 N–H and O–H groups in total. The minimum atomic E-state index is -4.60. The fourth-order valence-corrected chi connectivity index (χ4v) is 4.14. The van der Waals surface area contributed by atoms with Gasteiger partial charge >= 0.3 is 6.18 Å². The molecule has 26 heavy (non-hydrogen) atoms. The molecule has 1 aliphatic heterocycles. The lowest BCUT2D eigenvalue weighted by Gasteiger charge is -2.26. The molecule has 1 atom stereocenters. The van der Waals surface area contributed by atoms with Crippen LogP contribution in [0.3, 0.4) is 0 Å². The van der Waals surface area contributed by atoms with E-state index in [-0.39, 0.29) is 12.6 Å². The molecule has 0 saturated carbocycles. The summed E-state index contributed by atoms with van der Waals surface area (Å²) < 4.78 is 71.3. The Hall–Kier alpha value is -1.84. The number of alkyl halides is 3. The van der Waals surface area contributed by atoms with Crippen molar-refractivity contribution in [3.63, 3.8) is 0 Å². The molecule has 0 amide bonds. The molecule has 0 bridgehead atoms. The summed E-state index contributed by atoms with van der Waals surface area (Å²) in [6, 6.07) is 6.90. The zero-order chi connectivity index (χ0) is 18.8. The number of sulfonamides is 1. The standard InChI is InChI=1S/C17H19F3N2O3S/c18-17(19,20)13-5-3-6-14(11-13)26(23,24)21-12-15(16-7-4-10-25-16)22-8-1-2-9-22/h3-7,10-11,15,21H,1-2,8-9,12H2/t15-/m1/s1. The van der Waals surface area contributed by atoms with Crippen LogP contribution >= 0.6 is 0 Å². The average molecular weight is 388 g/mol. The van der Waals surface area contributed by atoms with Crippen LogP contribution in [0.25, 0.3) is 0 Å². The van der Waals surface area contributed by atoms with E-state index in [1.807, 2.05) is 0 Å². The Morgan fingerprint density at radius 3 is 2.50 bits per heavy atom. The molecule has 3 rings (SSSR count). The molecule has 5 nitrogen and oxygen atoms in total. The van der Waals surface area contributed by atoms with Crippen LogP contribution in [-0.2, 0) is 16.2 Å². The maximum atomic E-state index is 12.8. The van der Waals surface area contributed by atoms with Crippen molar-refractivity contribution in [1.82, 2.24) is 9.62 Å². The quantitative estimate of drug-likeness (QED) is 0.824. The maximum Gasteiger partial charge on any atom is 0.416 e. The summed E-state index contributed by atoms with van der Waals surface area (Å²) in [6.45, 7) is 1.65. The van der Waals surface area contributed by atoms with E-state index in [1.165, 1.54) is 6.26 Å². The number of nitrogens with one attached hydrogen (secondary N) is 1. The van der Waals surface area contributed by atoms with E-state index in [9.17, 15) is 21.6 Å². The lowest BCUT2D eigenvalue weighted by molar-refractivity contribution is -0.137. The number of benzene rings is 1. The SMILES string of the molecule is O=S(=O)(NC[C@H](c1ccco1)N1CCCC1)c1cccc(C(F)(F)F)c1. The predicted octanol–water partition coefficient (Wildman–Crippen LogP) is 3.41. The molecule has 142 valence electrons. The second-order valence-electron chi connectivity index (χ2n) is 6.15. The second kappa shape index (κ2) is 7.42. The molecule has 1 aromatic carbocycles. The molecular formula is C17H19F3N2O3S. The third-order valence-electron chi connectivity index (χ3n) is 4.39. The number of furan rings is 1. The van der Waals surface area contributed by atoms with Gasteiger partial charge in [-0.3, -0.25) is 4.90 Å². The third kappa shape index (κ3) is 4.28. The summed E-state index contributed by atoms with van der Waals surface area (Å²) >= 11 is 0. The van der Waals surface area contributed by atoms with E-state index < -0.39 is 26.7 Å². The minimum absolute atomic E-state index is 0.0199. The fraction of sp³-hybridized carbons (Fsp3) is 0.412. The lowest BCUT2D eigenvalue weighted by atomic mass is 10.2. The summed E-state index contributed by atoms with van der Waals surface area (Å²) in [7, 11) is -4.08. The molecule has 0 spiro atoms. The second-order valence-corrected chi connectivity index (χ2v) is 7.92. The van der Waals surface area contributed by atoms with Crippen molar-refractivity contribution in [1.29, 1.82) is 0 Å². The van der Waals surface area contributed by atoms with Crippen LogP contribution in [0.15, 0.2) is 52.0 Å². The maximum absolute atomic E-state index is 12.8. The average Bonchev–Trinajstić information content (AvgIpc) is 3.28. The van der Waals surface area contributed by atoms with Gasteiger partial charge in [0.1, 0.15) is 5.76 Å². The Morgan fingerprint density at radius 1 is 1.15 bits per heavy atom. The molecule has 1 aliphatic rings. The lowest BCUT2D eigenvalue weighted by Crippen LogP contribution is -2.36. The van der Waals surface area contributed by atoms with Gasteiger partial charge in [0, 0.05) is 6.54 Å². The van der Waals surface area contributed by atoms with Crippen LogP contribution in [-0.4, -0.2) is 33.0 Å². The van der Waals surface area contributed by atoms with E-state index in [1.54, 1.807) is 12.1 Å². The molecule has 0 unspecified atom stereocenters. The number of hydrogen-bond donors (Lipinski definition) is 1. The van der Waals surface area contributed by atoms with Crippen LogP contribution in [0.4, 0.5) is 13.2 Å². The summed E-state index contributed by atoms with van der Waals surface area (Å²) in [4.78, 5) is 1.69. The Bertz CT molecular complexity index is 829. The number of nitrogens with zero attached hydrogens (tertiary/aromatic N) is 1. The van der Waals surface area contributed by atoms with Crippen LogP contribution in [0.2, 0.25) is 0 Å². The molecule has 2 heterocycles. The number of rotatable bonds is 6. The Morgan fingerprint density at radius 2 is 1.88 bits per heavy atom. The smallest absolute Gasteiger partial charge is 0.416 e. The van der Waals surface area contributed by atoms with Crippen molar-refractivity contribution in [2.45, 2.75) is 30.0 Å². The van der Waals surface area contributed by atoms with Gasteiger partial charge in [-0.1, -0.05) is 6.07 Å².